The van der Waals surface area contributed by atoms with E-state index in [4.69, 9.17) is 9.84 Å². The third-order valence-electron chi connectivity index (χ3n) is 1.74. The van der Waals surface area contributed by atoms with Gasteiger partial charge in [0.25, 0.3) is 0 Å². The van der Waals surface area contributed by atoms with Gasteiger partial charge in [0.1, 0.15) is 0 Å². The predicted molar refractivity (Wildman–Crippen MR) is 51.2 cm³/mol. The quantitative estimate of drug-likeness (QED) is 0.622. The normalized spacial score (nSPS) is 11.7. The summed E-state index contributed by atoms with van der Waals surface area (Å²) in [6, 6.07) is 0. The van der Waals surface area contributed by atoms with Gasteiger partial charge >= 0.3 is 0 Å². The van der Waals surface area contributed by atoms with E-state index >= 15 is 0 Å². The molecule has 0 atom stereocenters. The van der Waals surface area contributed by atoms with Crippen LogP contribution < -0.4 is 0 Å². The third-order valence-corrected chi connectivity index (χ3v) is 1.74. The minimum atomic E-state index is -0.204. The molecule has 0 aromatic carbocycles. The van der Waals surface area contributed by atoms with Crippen molar-refractivity contribution in [2.24, 2.45) is 0 Å². The third kappa shape index (κ3) is 6.38. The van der Waals surface area contributed by atoms with Crippen molar-refractivity contribution in [1.82, 2.24) is 0 Å². The van der Waals surface area contributed by atoms with E-state index in [1.54, 1.807) is 0 Å². The van der Waals surface area contributed by atoms with Gasteiger partial charge in [0.05, 0.1) is 12.2 Å². The van der Waals surface area contributed by atoms with Gasteiger partial charge in [-0.1, -0.05) is 5.57 Å². The maximum atomic E-state index is 8.71. The monoisotopic (exact) mass is 172 g/mol. The summed E-state index contributed by atoms with van der Waals surface area (Å²) in [5, 5.41) is 8.71. The molecule has 0 saturated heterocycles. The summed E-state index contributed by atoms with van der Waals surface area (Å²) in [6.45, 7) is 10.6. The summed E-state index contributed by atoms with van der Waals surface area (Å²) in [5.41, 5.74) is 0.930. The molecule has 2 heteroatoms. The van der Waals surface area contributed by atoms with Crippen LogP contribution in [0.2, 0.25) is 0 Å². The second-order valence-corrected chi connectivity index (χ2v) is 3.79. The summed E-state index contributed by atoms with van der Waals surface area (Å²) in [7, 11) is 0. The molecule has 0 aromatic heterocycles. The van der Waals surface area contributed by atoms with E-state index in [0.29, 0.717) is 13.0 Å². The van der Waals surface area contributed by atoms with Crippen molar-refractivity contribution in [3.63, 3.8) is 0 Å². The first-order valence-corrected chi connectivity index (χ1v) is 4.37. The van der Waals surface area contributed by atoms with Crippen LogP contribution in [0.5, 0.6) is 0 Å². The molecule has 0 bridgehead atoms. The van der Waals surface area contributed by atoms with Crippen molar-refractivity contribution >= 4 is 0 Å². The molecule has 0 aliphatic carbocycles. The summed E-state index contributed by atoms with van der Waals surface area (Å²) in [4.78, 5) is 0. The molecule has 12 heavy (non-hydrogen) atoms. The Morgan fingerprint density at radius 1 is 1.50 bits per heavy atom. The molecular weight excluding hydrogens is 152 g/mol. The Morgan fingerprint density at radius 2 is 2.08 bits per heavy atom. The van der Waals surface area contributed by atoms with Crippen LogP contribution >= 0.6 is 0 Å². The lowest BCUT2D eigenvalue weighted by Crippen LogP contribution is -2.26. The largest absolute Gasteiger partial charge is 0.396 e. The fourth-order valence-electron chi connectivity index (χ4n) is 0.843. The highest BCUT2D eigenvalue weighted by Gasteiger charge is 2.16. The molecule has 0 aliphatic heterocycles. The van der Waals surface area contributed by atoms with Crippen molar-refractivity contribution in [3.05, 3.63) is 12.2 Å². The van der Waals surface area contributed by atoms with Crippen LogP contribution in [0.15, 0.2) is 12.2 Å². The Labute approximate surface area is 75.2 Å². The Hall–Kier alpha value is -0.340. The summed E-state index contributed by atoms with van der Waals surface area (Å²) < 4.78 is 5.56. The van der Waals surface area contributed by atoms with Gasteiger partial charge in [0.2, 0.25) is 0 Å². The molecule has 0 spiro atoms. The molecule has 0 fully saturated rings. The van der Waals surface area contributed by atoms with Gasteiger partial charge < -0.3 is 9.84 Å². The van der Waals surface area contributed by atoms with Gasteiger partial charge in [-0.2, -0.15) is 0 Å². The second kappa shape index (κ2) is 5.33. The van der Waals surface area contributed by atoms with Crippen LogP contribution in [-0.4, -0.2) is 23.9 Å². The molecule has 0 aromatic rings. The van der Waals surface area contributed by atoms with Crippen molar-refractivity contribution in [2.45, 2.75) is 39.2 Å². The van der Waals surface area contributed by atoms with Gasteiger partial charge in [-0.25, -0.2) is 0 Å². The number of hydrogen-bond acceptors (Lipinski definition) is 2. The van der Waals surface area contributed by atoms with E-state index in [-0.39, 0.29) is 12.2 Å². The van der Waals surface area contributed by atoms with Crippen molar-refractivity contribution in [3.8, 4) is 0 Å². The first-order chi connectivity index (χ1) is 5.48. The molecule has 0 rings (SSSR count). The standard InChI is InChI=1S/C10H20O2/c1-9(2)5-8-12-10(3,4)6-7-11/h11H,1,5-8H2,2-4H3. The molecule has 0 radical (unpaired) electrons. The van der Waals surface area contributed by atoms with Crippen molar-refractivity contribution in [1.29, 1.82) is 0 Å². The van der Waals surface area contributed by atoms with Gasteiger partial charge in [-0.05, 0) is 33.6 Å². The molecule has 0 aliphatic rings. The lowest BCUT2D eigenvalue weighted by atomic mass is 10.1. The first-order valence-electron chi connectivity index (χ1n) is 4.37. The fraction of sp³-hybridized carbons (Fsp3) is 0.800. The maximum absolute atomic E-state index is 8.71. The van der Waals surface area contributed by atoms with Crippen LogP contribution in [0, 0.1) is 0 Å². The predicted octanol–water partition coefficient (Wildman–Crippen LogP) is 2.13. The average Bonchev–Trinajstić information content (AvgIpc) is 1.85. The van der Waals surface area contributed by atoms with Crippen LogP contribution in [0.25, 0.3) is 0 Å². The van der Waals surface area contributed by atoms with E-state index in [2.05, 4.69) is 6.58 Å². The van der Waals surface area contributed by atoms with Gasteiger partial charge in [0, 0.05) is 6.61 Å². The average molecular weight is 172 g/mol. The van der Waals surface area contributed by atoms with Gasteiger partial charge in [-0.15, -0.1) is 6.58 Å². The molecule has 0 unspecified atom stereocenters. The Balaban J connectivity index is 3.53. The number of hydrogen-bond donors (Lipinski definition) is 1. The van der Waals surface area contributed by atoms with Gasteiger partial charge in [-0.3, -0.25) is 0 Å². The van der Waals surface area contributed by atoms with E-state index < -0.39 is 0 Å². The molecule has 0 saturated carbocycles. The first kappa shape index (κ1) is 11.7. The summed E-state index contributed by atoms with van der Waals surface area (Å²) in [6.07, 6.45) is 1.58. The molecule has 0 heterocycles. The fourth-order valence-corrected chi connectivity index (χ4v) is 0.843. The molecular formula is C10H20O2. The maximum Gasteiger partial charge on any atom is 0.0648 e. The smallest absolute Gasteiger partial charge is 0.0648 e. The number of aliphatic hydroxyl groups excluding tert-OH is 1. The molecule has 0 amide bonds. The lowest BCUT2D eigenvalue weighted by Gasteiger charge is -2.24. The van der Waals surface area contributed by atoms with E-state index in [1.165, 1.54) is 0 Å². The number of ether oxygens (including phenoxy) is 1. The highest BCUT2D eigenvalue weighted by molar-refractivity contribution is 4.87. The SMILES string of the molecule is C=C(C)CCOC(C)(C)CCO. The minimum absolute atomic E-state index is 0.181. The van der Waals surface area contributed by atoms with Crippen LogP contribution in [0.4, 0.5) is 0 Å². The zero-order valence-corrected chi connectivity index (χ0v) is 8.39. The lowest BCUT2D eigenvalue weighted by molar-refractivity contribution is -0.0309. The molecule has 1 N–H and O–H groups in total. The molecule has 72 valence electrons. The summed E-state index contributed by atoms with van der Waals surface area (Å²) >= 11 is 0. The zero-order valence-electron chi connectivity index (χ0n) is 8.39. The number of aliphatic hydroxyl groups is 1. The minimum Gasteiger partial charge on any atom is -0.396 e. The Bertz CT molecular complexity index is 139. The zero-order chi connectivity index (χ0) is 9.61. The Kier molecular flexibility index (Phi) is 5.18. The van der Waals surface area contributed by atoms with Crippen molar-refractivity contribution < 1.29 is 9.84 Å². The van der Waals surface area contributed by atoms with Crippen LogP contribution in [0.1, 0.15) is 33.6 Å². The van der Waals surface area contributed by atoms with Crippen LogP contribution in [0.3, 0.4) is 0 Å². The summed E-state index contributed by atoms with van der Waals surface area (Å²) in [5.74, 6) is 0. The van der Waals surface area contributed by atoms with Crippen LogP contribution in [-0.2, 0) is 4.74 Å². The van der Waals surface area contributed by atoms with Gasteiger partial charge in [0.15, 0.2) is 0 Å². The van der Waals surface area contributed by atoms with Crippen molar-refractivity contribution in [2.75, 3.05) is 13.2 Å². The number of rotatable bonds is 6. The van der Waals surface area contributed by atoms with E-state index in [1.807, 2.05) is 20.8 Å². The highest BCUT2D eigenvalue weighted by atomic mass is 16.5. The van der Waals surface area contributed by atoms with E-state index in [0.717, 1.165) is 12.0 Å². The van der Waals surface area contributed by atoms with E-state index in [9.17, 15) is 0 Å². The Morgan fingerprint density at radius 3 is 2.50 bits per heavy atom. The molecule has 2 nitrogen and oxygen atoms in total. The highest BCUT2D eigenvalue weighted by Crippen LogP contribution is 2.14. The topological polar surface area (TPSA) is 29.5 Å². The second-order valence-electron chi connectivity index (χ2n) is 3.79.